The third-order valence-electron chi connectivity index (χ3n) is 3.96. The lowest BCUT2D eigenvalue weighted by atomic mass is 10.0. The van der Waals surface area contributed by atoms with Crippen LogP contribution in [0.4, 0.5) is 0 Å². The molecule has 0 saturated carbocycles. The Morgan fingerprint density at radius 3 is 2.60 bits per heavy atom. The van der Waals surface area contributed by atoms with E-state index in [1.165, 1.54) is 12.0 Å². The Morgan fingerprint density at radius 1 is 1.25 bits per heavy atom. The fraction of sp³-hybridized carbons (Fsp3) is 0.647. The Kier molecular flexibility index (Phi) is 7.63. The van der Waals surface area contributed by atoms with Crippen molar-refractivity contribution in [1.29, 1.82) is 0 Å². The van der Waals surface area contributed by atoms with Crippen LogP contribution in [-0.2, 0) is 6.42 Å². The van der Waals surface area contributed by atoms with Gasteiger partial charge in [0.25, 0.3) is 0 Å². The lowest BCUT2D eigenvalue weighted by Crippen LogP contribution is -2.34. The molecule has 0 aliphatic heterocycles. The molecule has 0 saturated heterocycles. The molecule has 2 N–H and O–H groups in total. The Labute approximate surface area is 124 Å². The Bertz CT molecular complexity index is 381. The van der Waals surface area contributed by atoms with E-state index in [1.54, 1.807) is 7.11 Å². The van der Waals surface area contributed by atoms with Crippen LogP contribution in [0.3, 0.4) is 0 Å². The standard InChI is InChI=1S/C17H30N2O/c1-14(8-7-11-18)13-19(3)15(2)12-16-9-5-6-10-17(16)20-4/h5-6,9-10,14-15H,7-8,11-13,18H2,1-4H3. The van der Waals surface area contributed by atoms with Gasteiger partial charge >= 0.3 is 0 Å². The number of hydrogen-bond acceptors (Lipinski definition) is 3. The second kappa shape index (κ2) is 8.98. The van der Waals surface area contributed by atoms with E-state index >= 15 is 0 Å². The number of para-hydroxylation sites is 1. The maximum atomic E-state index is 5.57. The van der Waals surface area contributed by atoms with Gasteiger partial charge in [-0.15, -0.1) is 0 Å². The van der Waals surface area contributed by atoms with E-state index in [1.807, 2.05) is 12.1 Å². The normalized spacial score (nSPS) is 14.3. The zero-order chi connectivity index (χ0) is 15.0. The molecule has 0 aliphatic rings. The molecule has 0 spiro atoms. The van der Waals surface area contributed by atoms with Crippen molar-refractivity contribution in [2.75, 3.05) is 27.2 Å². The zero-order valence-corrected chi connectivity index (χ0v) is 13.4. The molecule has 0 radical (unpaired) electrons. The van der Waals surface area contributed by atoms with Crippen molar-refractivity contribution in [3.8, 4) is 5.75 Å². The molecule has 1 aromatic carbocycles. The van der Waals surface area contributed by atoms with E-state index in [0.717, 1.165) is 31.7 Å². The highest BCUT2D eigenvalue weighted by Gasteiger charge is 2.14. The van der Waals surface area contributed by atoms with Gasteiger partial charge in [0.15, 0.2) is 0 Å². The number of methoxy groups -OCH3 is 1. The monoisotopic (exact) mass is 278 g/mol. The van der Waals surface area contributed by atoms with Crippen molar-refractivity contribution >= 4 is 0 Å². The van der Waals surface area contributed by atoms with Crippen LogP contribution in [0.1, 0.15) is 32.3 Å². The first-order chi connectivity index (χ1) is 9.58. The summed E-state index contributed by atoms with van der Waals surface area (Å²) in [7, 11) is 3.95. The fourth-order valence-corrected chi connectivity index (χ4v) is 2.57. The smallest absolute Gasteiger partial charge is 0.122 e. The second-order valence-corrected chi connectivity index (χ2v) is 5.84. The molecule has 0 heterocycles. The second-order valence-electron chi connectivity index (χ2n) is 5.84. The maximum Gasteiger partial charge on any atom is 0.122 e. The van der Waals surface area contributed by atoms with Crippen LogP contribution in [0.5, 0.6) is 5.75 Å². The highest BCUT2D eigenvalue weighted by molar-refractivity contribution is 5.33. The highest BCUT2D eigenvalue weighted by atomic mass is 16.5. The lowest BCUT2D eigenvalue weighted by Gasteiger charge is -2.28. The summed E-state index contributed by atoms with van der Waals surface area (Å²) in [5.74, 6) is 1.69. The summed E-state index contributed by atoms with van der Waals surface area (Å²) < 4.78 is 5.43. The molecule has 1 rings (SSSR count). The fourth-order valence-electron chi connectivity index (χ4n) is 2.57. The predicted octanol–water partition coefficient (Wildman–Crippen LogP) is 2.93. The topological polar surface area (TPSA) is 38.5 Å². The Balaban J connectivity index is 2.50. The van der Waals surface area contributed by atoms with Crippen LogP contribution in [0.2, 0.25) is 0 Å². The summed E-state index contributed by atoms with van der Waals surface area (Å²) in [5, 5.41) is 0. The molecule has 0 aromatic heterocycles. The molecular formula is C17H30N2O. The van der Waals surface area contributed by atoms with Gasteiger partial charge in [-0.3, -0.25) is 0 Å². The molecule has 1 aromatic rings. The van der Waals surface area contributed by atoms with Gasteiger partial charge in [0.2, 0.25) is 0 Å². The van der Waals surface area contributed by atoms with E-state index in [9.17, 15) is 0 Å². The molecule has 0 bridgehead atoms. The van der Waals surface area contributed by atoms with Crippen LogP contribution in [0.15, 0.2) is 24.3 Å². The molecule has 3 nitrogen and oxygen atoms in total. The summed E-state index contributed by atoms with van der Waals surface area (Å²) in [6.07, 6.45) is 3.35. The van der Waals surface area contributed by atoms with Crippen LogP contribution in [0, 0.1) is 5.92 Å². The molecule has 2 atom stereocenters. The Hall–Kier alpha value is -1.06. The quantitative estimate of drug-likeness (QED) is 0.755. The molecular weight excluding hydrogens is 248 g/mol. The van der Waals surface area contributed by atoms with E-state index in [4.69, 9.17) is 10.5 Å². The molecule has 0 amide bonds. The molecule has 2 unspecified atom stereocenters. The average Bonchev–Trinajstić information content (AvgIpc) is 2.45. The van der Waals surface area contributed by atoms with Gasteiger partial charge in [0, 0.05) is 12.6 Å². The SMILES string of the molecule is COc1ccccc1CC(C)N(C)CC(C)CCCN. The molecule has 114 valence electrons. The van der Waals surface area contributed by atoms with E-state index in [-0.39, 0.29) is 0 Å². The summed E-state index contributed by atoms with van der Waals surface area (Å²) in [6, 6.07) is 8.79. The number of hydrogen-bond donors (Lipinski definition) is 1. The largest absolute Gasteiger partial charge is 0.496 e. The van der Waals surface area contributed by atoms with Gasteiger partial charge in [0.1, 0.15) is 5.75 Å². The number of ether oxygens (including phenoxy) is 1. The first-order valence-corrected chi connectivity index (χ1v) is 7.60. The van der Waals surface area contributed by atoms with Crippen LogP contribution in [0.25, 0.3) is 0 Å². The van der Waals surface area contributed by atoms with Crippen molar-refractivity contribution in [1.82, 2.24) is 4.90 Å². The first-order valence-electron chi connectivity index (χ1n) is 7.60. The van der Waals surface area contributed by atoms with Gasteiger partial charge in [-0.25, -0.2) is 0 Å². The highest BCUT2D eigenvalue weighted by Crippen LogP contribution is 2.20. The minimum Gasteiger partial charge on any atom is -0.496 e. The minimum atomic E-state index is 0.506. The van der Waals surface area contributed by atoms with E-state index < -0.39 is 0 Å². The van der Waals surface area contributed by atoms with Crippen LogP contribution < -0.4 is 10.5 Å². The molecule has 0 fully saturated rings. The van der Waals surface area contributed by atoms with Crippen LogP contribution in [-0.4, -0.2) is 38.2 Å². The van der Waals surface area contributed by atoms with Crippen molar-refractivity contribution in [2.24, 2.45) is 11.7 Å². The average molecular weight is 278 g/mol. The summed E-state index contributed by atoms with van der Waals surface area (Å²) in [4.78, 5) is 2.44. The van der Waals surface area contributed by atoms with E-state index in [0.29, 0.717) is 12.0 Å². The van der Waals surface area contributed by atoms with Crippen molar-refractivity contribution in [3.63, 3.8) is 0 Å². The third-order valence-corrected chi connectivity index (χ3v) is 3.96. The number of benzene rings is 1. The van der Waals surface area contributed by atoms with Gasteiger partial charge < -0.3 is 15.4 Å². The molecule has 0 aliphatic carbocycles. The van der Waals surface area contributed by atoms with Gasteiger partial charge in [-0.2, -0.15) is 0 Å². The van der Waals surface area contributed by atoms with Crippen molar-refractivity contribution in [3.05, 3.63) is 29.8 Å². The van der Waals surface area contributed by atoms with Crippen LogP contribution >= 0.6 is 0 Å². The lowest BCUT2D eigenvalue weighted by molar-refractivity contribution is 0.216. The number of nitrogens with zero attached hydrogens (tertiary/aromatic N) is 1. The summed E-state index contributed by atoms with van der Waals surface area (Å²) >= 11 is 0. The first kappa shape index (κ1) is 17.0. The van der Waals surface area contributed by atoms with E-state index in [2.05, 4.69) is 37.9 Å². The number of likely N-dealkylation sites (N-methyl/N-ethyl adjacent to an activating group) is 1. The third kappa shape index (κ3) is 5.51. The summed E-state index contributed by atoms with van der Waals surface area (Å²) in [6.45, 7) is 6.51. The minimum absolute atomic E-state index is 0.506. The van der Waals surface area contributed by atoms with Gasteiger partial charge in [-0.05, 0) is 57.3 Å². The van der Waals surface area contributed by atoms with Crippen molar-refractivity contribution in [2.45, 2.75) is 39.2 Å². The number of nitrogens with two attached hydrogens (primary N) is 1. The van der Waals surface area contributed by atoms with Gasteiger partial charge in [-0.1, -0.05) is 25.1 Å². The van der Waals surface area contributed by atoms with Crippen molar-refractivity contribution < 1.29 is 4.74 Å². The number of rotatable bonds is 9. The maximum absolute atomic E-state index is 5.57. The molecule has 20 heavy (non-hydrogen) atoms. The molecule has 3 heteroatoms. The summed E-state index contributed by atoms with van der Waals surface area (Å²) in [5.41, 5.74) is 6.86. The Morgan fingerprint density at radius 2 is 1.95 bits per heavy atom. The predicted molar refractivity (Wildman–Crippen MR) is 86.2 cm³/mol. The zero-order valence-electron chi connectivity index (χ0n) is 13.4. The van der Waals surface area contributed by atoms with Gasteiger partial charge in [0.05, 0.1) is 7.11 Å².